The molecule has 1 aromatic carbocycles. The second-order valence-corrected chi connectivity index (χ2v) is 6.67. The number of rotatable bonds is 6. The molecule has 0 saturated carbocycles. The van der Waals surface area contributed by atoms with Gasteiger partial charge in [0.25, 0.3) is 0 Å². The monoisotopic (exact) mass is 314 g/mol. The standard InChI is InChI=1S/C13H18N2O5S/c1-9-10(14)4-3-5-11(9)15-12(16)8-21(18,19)7-6-13(17)20-2/h3-5H,6-8,14H2,1-2H3,(H,15,16). The molecular weight excluding hydrogens is 296 g/mol. The summed E-state index contributed by atoms with van der Waals surface area (Å²) in [6.45, 7) is 1.72. The molecule has 8 heteroatoms. The van der Waals surface area contributed by atoms with E-state index in [4.69, 9.17) is 5.73 Å². The van der Waals surface area contributed by atoms with Crippen LogP contribution in [-0.4, -0.2) is 38.9 Å². The number of nitrogens with two attached hydrogens (primary N) is 1. The Morgan fingerprint density at radius 1 is 1.33 bits per heavy atom. The van der Waals surface area contributed by atoms with E-state index in [0.717, 1.165) is 0 Å². The lowest BCUT2D eigenvalue weighted by Gasteiger charge is -2.10. The smallest absolute Gasteiger partial charge is 0.306 e. The predicted molar refractivity (Wildman–Crippen MR) is 79.5 cm³/mol. The first-order chi connectivity index (χ1) is 9.75. The van der Waals surface area contributed by atoms with Gasteiger partial charge >= 0.3 is 5.97 Å². The van der Waals surface area contributed by atoms with Crippen LogP contribution in [0.1, 0.15) is 12.0 Å². The van der Waals surface area contributed by atoms with Crippen molar-refractivity contribution in [1.82, 2.24) is 0 Å². The van der Waals surface area contributed by atoms with Crippen LogP contribution in [0.25, 0.3) is 0 Å². The van der Waals surface area contributed by atoms with E-state index in [1.165, 1.54) is 7.11 Å². The van der Waals surface area contributed by atoms with Crippen molar-refractivity contribution in [2.45, 2.75) is 13.3 Å². The minimum Gasteiger partial charge on any atom is -0.469 e. The molecule has 0 aliphatic rings. The molecule has 0 aliphatic heterocycles. The Hall–Kier alpha value is -2.09. The minimum atomic E-state index is -3.67. The Kier molecular flexibility index (Phi) is 5.71. The fraction of sp³-hybridized carbons (Fsp3) is 0.385. The number of anilines is 2. The third-order valence-corrected chi connectivity index (χ3v) is 4.37. The van der Waals surface area contributed by atoms with E-state index < -0.39 is 33.2 Å². The molecule has 0 atom stereocenters. The van der Waals surface area contributed by atoms with Crippen LogP contribution in [0.2, 0.25) is 0 Å². The largest absolute Gasteiger partial charge is 0.469 e. The van der Waals surface area contributed by atoms with Gasteiger partial charge in [0.05, 0.1) is 19.3 Å². The van der Waals surface area contributed by atoms with Crippen LogP contribution >= 0.6 is 0 Å². The fourth-order valence-electron chi connectivity index (χ4n) is 1.59. The Morgan fingerprint density at radius 3 is 2.62 bits per heavy atom. The van der Waals surface area contributed by atoms with Crippen LogP contribution in [0.3, 0.4) is 0 Å². The number of esters is 1. The molecule has 0 radical (unpaired) electrons. The first-order valence-corrected chi connectivity index (χ1v) is 7.99. The molecule has 0 unspecified atom stereocenters. The molecule has 3 N–H and O–H groups in total. The summed E-state index contributed by atoms with van der Waals surface area (Å²) in [5, 5.41) is 2.49. The summed E-state index contributed by atoms with van der Waals surface area (Å²) >= 11 is 0. The first kappa shape index (κ1) is 17.0. The Labute approximate surface area is 123 Å². The van der Waals surface area contributed by atoms with Crippen LogP contribution in [0.4, 0.5) is 11.4 Å². The van der Waals surface area contributed by atoms with E-state index in [1.54, 1.807) is 25.1 Å². The lowest BCUT2D eigenvalue weighted by Crippen LogP contribution is -2.26. The second kappa shape index (κ2) is 7.07. The van der Waals surface area contributed by atoms with Crippen LogP contribution in [-0.2, 0) is 24.2 Å². The zero-order valence-electron chi connectivity index (χ0n) is 11.9. The van der Waals surface area contributed by atoms with Gasteiger partial charge in [0.15, 0.2) is 9.84 Å². The van der Waals surface area contributed by atoms with E-state index >= 15 is 0 Å². The van der Waals surface area contributed by atoms with Gasteiger partial charge in [-0.05, 0) is 24.6 Å². The first-order valence-electron chi connectivity index (χ1n) is 6.17. The highest BCUT2D eigenvalue weighted by Gasteiger charge is 2.19. The van der Waals surface area contributed by atoms with Crippen LogP contribution < -0.4 is 11.1 Å². The average molecular weight is 314 g/mol. The summed E-state index contributed by atoms with van der Waals surface area (Å²) in [4.78, 5) is 22.7. The normalized spacial score (nSPS) is 11.0. The highest BCUT2D eigenvalue weighted by atomic mass is 32.2. The average Bonchev–Trinajstić information content (AvgIpc) is 2.40. The van der Waals surface area contributed by atoms with Gasteiger partial charge in [-0.1, -0.05) is 6.07 Å². The van der Waals surface area contributed by atoms with Gasteiger partial charge < -0.3 is 15.8 Å². The summed E-state index contributed by atoms with van der Waals surface area (Å²) in [5.74, 6) is -2.43. The number of sulfone groups is 1. The number of hydrogen-bond donors (Lipinski definition) is 2. The van der Waals surface area contributed by atoms with Crippen LogP contribution in [0.15, 0.2) is 18.2 Å². The molecule has 21 heavy (non-hydrogen) atoms. The highest BCUT2D eigenvalue weighted by molar-refractivity contribution is 7.92. The number of nitrogen functional groups attached to an aromatic ring is 1. The molecule has 1 rings (SSSR count). The molecule has 0 saturated heterocycles. The number of ether oxygens (including phenoxy) is 1. The maximum absolute atomic E-state index is 11.8. The predicted octanol–water partition coefficient (Wildman–Crippen LogP) is 0.494. The number of carbonyl (C=O) groups is 2. The minimum absolute atomic E-state index is 0.274. The van der Waals surface area contributed by atoms with E-state index in [-0.39, 0.29) is 6.42 Å². The molecule has 7 nitrogen and oxygen atoms in total. The number of amides is 1. The molecular formula is C13H18N2O5S. The van der Waals surface area contributed by atoms with Crippen LogP contribution in [0, 0.1) is 6.92 Å². The van der Waals surface area contributed by atoms with Crippen molar-refractivity contribution in [2.24, 2.45) is 0 Å². The zero-order chi connectivity index (χ0) is 16.0. The van der Waals surface area contributed by atoms with Crippen molar-refractivity contribution in [3.05, 3.63) is 23.8 Å². The second-order valence-electron chi connectivity index (χ2n) is 4.49. The maximum Gasteiger partial charge on any atom is 0.306 e. The van der Waals surface area contributed by atoms with Gasteiger partial charge in [-0.3, -0.25) is 9.59 Å². The lowest BCUT2D eigenvalue weighted by molar-refractivity contribution is -0.140. The number of nitrogens with one attached hydrogen (secondary N) is 1. The molecule has 1 aromatic rings. The molecule has 0 fully saturated rings. The van der Waals surface area contributed by atoms with Crippen LogP contribution in [0.5, 0.6) is 0 Å². The Morgan fingerprint density at radius 2 is 2.00 bits per heavy atom. The molecule has 0 spiro atoms. The lowest BCUT2D eigenvalue weighted by atomic mass is 10.1. The van der Waals surface area contributed by atoms with Gasteiger partial charge in [-0.15, -0.1) is 0 Å². The number of carbonyl (C=O) groups excluding carboxylic acids is 2. The van der Waals surface area contributed by atoms with Crippen molar-refractivity contribution >= 4 is 33.1 Å². The molecule has 0 aromatic heterocycles. The molecule has 1 amide bonds. The summed E-state index contributed by atoms with van der Waals surface area (Å²) in [6, 6.07) is 4.96. The van der Waals surface area contributed by atoms with Crippen molar-refractivity contribution in [3.8, 4) is 0 Å². The highest BCUT2D eigenvalue weighted by Crippen LogP contribution is 2.20. The van der Waals surface area contributed by atoms with Gasteiger partial charge in [-0.2, -0.15) is 0 Å². The van der Waals surface area contributed by atoms with Gasteiger partial charge in [0.1, 0.15) is 5.75 Å². The topological polar surface area (TPSA) is 116 Å². The quantitative estimate of drug-likeness (QED) is 0.583. The van der Waals surface area contributed by atoms with Crippen molar-refractivity contribution in [2.75, 3.05) is 29.7 Å². The number of hydrogen-bond acceptors (Lipinski definition) is 6. The van der Waals surface area contributed by atoms with Crippen molar-refractivity contribution in [1.29, 1.82) is 0 Å². The summed E-state index contributed by atoms with van der Waals surface area (Å²) < 4.78 is 27.8. The van der Waals surface area contributed by atoms with Gasteiger partial charge in [-0.25, -0.2) is 8.42 Å². The third-order valence-electron chi connectivity index (χ3n) is 2.85. The summed E-state index contributed by atoms with van der Waals surface area (Å²) in [6.07, 6.45) is -0.274. The van der Waals surface area contributed by atoms with E-state index in [1.807, 2.05) is 0 Å². The fourth-order valence-corrected chi connectivity index (χ4v) is 2.68. The molecule has 0 bridgehead atoms. The SMILES string of the molecule is COC(=O)CCS(=O)(=O)CC(=O)Nc1cccc(N)c1C. The summed E-state index contributed by atoms with van der Waals surface area (Å²) in [5.41, 5.74) is 7.33. The van der Waals surface area contributed by atoms with Crippen molar-refractivity contribution < 1.29 is 22.7 Å². The van der Waals surface area contributed by atoms with E-state index in [9.17, 15) is 18.0 Å². The van der Waals surface area contributed by atoms with E-state index in [2.05, 4.69) is 10.1 Å². The molecule has 0 heterocycles. The van der Waals surface area contributed by atoms with Gasteiger partial charge in [0.2, 0.25) is 5.91 Å². The van der Waals surface area contributed by atoms with Crippen molar-refractivity contribution in [3.63, 3.8) is 0 Å². The number of benzene rings is 1. The maximum atomic E-state index is 11.8. The number of methoxy groups -OCH3 is 1. The summed E-state index contributed by atoms with van der Waals surface area (Å²) in [7, 11) is -2.50. The third kappa shape index (κ3) is 5.42. The molecule has 116 valence electrons. The van der Waals surface area contributed by atoms with Gasteiger partial charge in [0, 0.05) is 11.4 Å². The zero-order valence-corrected chi connectivity index (χ0v) is 12.7. The Balaban J connectivity index is 2.64. The van der Waals surface area contributed by atoms with E-state index in [0.29, 0.717) is 16.9 Å². The molecule has 0 aliphatic carbocycles. The Bertz CT molecular complexity index is 640.